The third kappa shape index (κ3) is 6.75. The van der Waals surface area contributed by atoms with Gasteiger partial charge in [-0.05, 0) is 87.7 Å². The average Bonchev–Trinajstić information content (AvgIpc) is 3.58. The van der Waals surface area contributed by atoms with E-state index in [9.17, 15) is 23.6 Å². The first-order valence-corrected chi connectivity index (χ1v) is 17.3. The van der Waals surface area contributed by atoms with Crippen LogP contribution >= 0.6 is 0 Å². The molecule has 0 aromatic heterocycles. The minimum Gasteiger partial charge on any atom is -0.404 e. The fraction of sp³-hybridized carbons (Fsp3) is 0.694. The molecule has 11 heteroatoms. The maximum atomic E-state index is 13.9. The highest BCUT2D eigenvalue weighted by Gasteiger charge is 2.68. The molecule has 1 aromatic carbocycles. The van der Waals surface area contributed by atoms with Crippen molar-refractivity contribution in [3.63, 3.8) is 0 Å². The molecule has 6 atom stereocenters. The van der Waals surface area contributed by atoms with Gasteiger partial charge in [-0.3, -0.25) is 14.5 Å². The van der Waals surface area contributed by atoms with Crippen LogP contribution in [0.2, 0.25) is 0 Å². The molecule has 3 saturated carbocycles. The normalized spacial score (nSPS) is 32.3. The number of piperidine rings is 1. The lowest BCUT2D eigenvalue weighted by atomic mass is 9.43. The first kappa shape index (κ1) is 34.1. The highest BCUT2D eigenvalue weighted by molar-refractivity contribution is 6.48. The Bertz CT molecular complexity index is 1430. The molecule has 0 spiro atoms. The number of carbonyl (C=O) groups is 2. The van der Waals surface area contributed by atoms with E-state index in [4.69, 9.17) is 9.31 Å². The standard InChI is InChI=1S/C36H49BF2N4O4/c1-33(2,43-15-13-36(38,39)23-43)20-26(21-40)32(45)42-14-9-12-25(22-42)17-31(44)41-30(16-24-10-7-6-8-11-24)37-46-29-19-27-18-28(34(27,3)4)35(29,5)47-37/h6-8,10-11,20,25,27-30H,9,12-19,22-23H2,1-5H3,(H,41,44)/t25-,27-,28-,29+,30?,35-/m0/s1. The average molecular weight is 651 g/mol. The van der Waals surface area contributed by atoms with Crippen molar-refractivity contribution in [2.24, 2.45) is 23.2 Å². The second-order valence-electron chi connectivity index (χ2n) is 16.0. The molecule has 1 N–H and O–H groups in total. The van der Waals surface area contributed by atoms with E-state index in [1.807, 2.05) is 36.4 Å². The molecule has 2 bridgehead atoms. The van der Waals surface area contributed by atoms with Gasteiger partial charge in [0.25, 0.3) is 11.8 Å². The van der Waals surface area contributed by atoms with Crippen LogP contribution in [0.4, 0.5) is 8.78 Å². The predicted molar refractivity (Wildman–Crippen MR) is 175 cm³/mol. The highest BCUT2D eigenvalue weighted by Crippen LogP contribution is 2.65. The highest BCUT2D eigenvalue weighted by atomic mass is 19.3. The van der Waals surface area contributed by atoms with E-state index in [2.05, 4.69) is 26.1 Å². The van der Waals surface area contributed by atoms with Gasteiger partial charge >= 0.3 is 7.12 Å². The van der Waals surface area contributed by atoms with E-state index in [1.54, 1.807) is 23.6 Å². The number of carbonyl (C=O) groups excluding carboxylic acids is 2. The van der Waals surface area contributed by atoms with Crippen LogP contribution in [-0.4, -0.2) is 84.0 Å². The van der Waals surface area contributed by atoms with Gasteiger partial charge in [0.05, 0.1) is 24.2 Å². The summed E-state index contributed by atoms with van der Waals surface area (Å²) >= 11 is 0. The Balaban J connectivity index is 1.10. The van der Waals surface area contributed by atoms with E-state index < -0.39 is 31.0 Å². The van der Waals surface area contributed by atoms with Crippen molar-refractivity contribution < 1.29 is 27.7 Å². The zero-order valence-electron chi connectivity index (χ0n) is 28.4. The second-order valence-corrected chi connectivity index (χ2v) is 16.0. The molecule has 6 fully saturated rings. The van der Waals surface area contributed by atoms with Crippen LogP contribution in [0.5, 0.6) is 0 Å². The topological polar surface area (TPSA) is 94.9 Å². The van der Waals surface area contributed by atoms with Crippen molar-refractivity contribution in [2.45, 2.75) is 109 Å². The van der Waals surface area contributed by atoms with Crippen molar-refractivity contribution in [3.05, 3.63) is 47.5 Å². The summed E-state index contributed by atoms with van der Waals surface area (Å²) in [6.45, 7) is 11.0. The molecule has 6 aliphatic rings. The van der Waals surface area contributed by atoms with Gasteiger partial charge in [0.15, 0.2) is 0 Å². The largest absolute Gasteiger partial charge is 0.482 e. The molecule has 254 valence electrons. The summed E-state index contributed by atoms with van der Waals surface area (Å²) in [4.78, 5) is 30.4. The van der Waals surface area contributed by atoms with E-state index in [-0.39, 0.29) is 59.8 Å². The van der Waals surface area contributed by atoms with Crippen molar-refractivity contribution in [2.75, 3.05) is 26.2 Å². The maximum Gasteiger partial charge on any atom is 0.482 e. The monoisotopic (exact) mass is 650 g/mol. The van der Waals surface area contributed by atoms with Crippen LogP contribution in [0.3, 0.4) is 0 Å². The Kier molecular flexibility index (Phi) is 9.12. The number of alkyl halides is 2. The number of nitrogens with one attached hydrogen (secondary N) is 1. The summed E-state index contributed by atoms with van der Waals surface area (Å²) < 4.78 is 41.2. The number of likely N-dealkylation sites (tertiary alicyclic amines) is 2. The lowest BCUT2D eigenvalue weighted by Crippen LogP contribution is -2.65. The van der Waals surface area contributed by atoms with Crippen LogP contribution < -0.4 is 5.32 Å². The van der Waals surface area contributed by atoms with E-state index in [1.165, 1.54) is 6.08 Å². The summed E-state index contributed by atoms with van der Waals surface area (Å²) in [5.74, 6) is -2.71. The minimum atomic E-state index is -2.77. The van der Waals surface area contributed by atoms with Gasteiger partial charge in [-0.15, -0.1) is 0 Å². The fourth-order valence-corrected chi connectivity index (χ4v) is 9.08. The Morgan fingerprint density at radius 2 is 1.94 bits per heavy atom. The number of hydrogen-bond acceptors (Lipinski definition) is 6. The van der Waals surface area contributed by atoms with E-state index in [0.717, 1.165) is 24.8 Å². The third-order valence-electron chi connectivity index (χ3n) is 12.1. The second kappa shape index (κ2) is 12.6. The van der Waals surface area contributed by atoms with Gasteiger partial charge < -0.3 is 19.5 Å². The first-order valence-electron chi connectivity index (χ1n) is 17.3. The Morgan fingerprint density at radius 3 is 2.60 bits per heavy atom. The molecular weight excluding hydrogens is 601 g/mol. The number of hydrogen-bond donors (Lipinski definition) is 1. The molecule has 0 radical (unpaired) electrons. The zero-order valence-corrected chi connectivity index (χ0v) is 28.4. The Morgan fingerprint density at radius 1 is 1.19 bits per heavy atom. The number of benzene rings is 1. The van der Waals surface area contributed by atoms with Crippen LogP contribution in [-0.2, 0) is 25.3 Å². The summed E-state index contributed by atoms with van der Waals surface area (Å²) in [6, 6.07) is 12.1. The van der Waals surface area contributed by atoms with Crippen LogP contribution in [0.25, 0.3) is 0 Å². The molecule has 1 unspecified atom stereocenters. The van der Waals surface area contributed by atoms with Gasteiger partial charge in [0.2, 0.25) is 5.91 Å². The molecule has 3 aliphatic carbocycles. The molecular formula is C36H49BF2N4O4. The van der Waals surface area contributed by atoms with Crippen LogP contribution in [0.1, 0.15) is 78.7 Å². The lowest BCUT2D eigenvalue weighted by Gasteiger charge is -2.64. The molecule has 1 aromatic rings. The number of amides is 2. The Hall–Kier alpha value is -2.81. The summed E-state index contributed by atoms with van der Waals surface area (Å²) in [5, 5.41) is 13.1. The van der Waals surface area contributed by atoms with Crippen molar-refractivity contribution in [1.82, 2.24) is 15.1 Å². The molecule has 2 amide bonds. The molecule has 7 rings (SSSR count). The van der Waals surface area contributed by atoms with Gasteiger partial charge in [0.1, 0.15) is 11.6 Å². The minimum absolute atomic E-state index is 0.00619. The summed E-state index contributed by atoms with van der Waals surface area (Å²) in [5.41, 5.74) is -0.0161. The molecule has 3 aliphatic heterocycles. The van der Waals surface area contributed by atoms with Crippen LogP contribution in [0.15, 0.2) is 42.0 Å². The lowest BCUT2D eigenvalue weighted by molar-refractivity contribution is -0.199. The Labute approximate surface area is 278 Å². The first-order chi connectivity index (χ1) is 22.1. The van der Waals surface area contributed by atoms with Crippen molar-refractivity contribution >= 4 is 18.9 Å². The molecule has 47 heavy (non-hydrogen) atoms. The predicted octanol–water partition coefficient (Wildman–Crippen LogP) is 5.18. The molecule has 8 nitrogen and oxygen atoms in total. The maximum absolute atomic E-state index is 13.9. The van der Waals surface area contributed by atoms with Crippen molar-refractivity contribution in [3.8, 4) is 6.07 Å². The van der Waals surface area contributed by atoms with E-state index >= 15 is 0 Å². The fourth-order valence-electron chi connectivity index (χ4n) is 9.08. The van der Waals surface area contributed by atoms with Gasteiger partial charge in [-0.1, -0.05) is 44.2 Å². The van der Waals surface area contributed by atoms with Crippen molar-refractivity contribution in [1.29, 1.82) is 5.26 Å². The SMILES string of the molecule is CC1(C)[C@@H]2C[C@H]3OB(C(Cc4ccccc4)NC(=O)C[C@@H]4CCCN(C(=O)C(C#N)=CC(C)(C)N5CCC(F)(F)C5)C4)O[C@@]3(C)[C@H]1C2. The van der Waals surface area contributed by atoms with Gasteiger partial charge in [-0.2, -0.15) is 5.26 Å². The summed E-state index contributed by atoms with van der Waals surface area (Å²) in [6.07, 6.45) is 5.72. The number of nitrogens with zero attached hydrogens (tertiary/aromatic N) is 3. The van der Waals surface area contributed by atoms with E-state index in [0.29, 0.717) is 37.8 Å². The smallest absolute Gasteiger partial charge is 0.404 e. The van der Waals surface area contributed by atoms with Crippen LogP contribution in [0, 0.1) is 34.5 Å². The van der Waals surface area contributed by atoms with Gasteiger partial charge in [0, 0.05) is 38.0 Å². The quantitative estimate of drug-likeness (QED) is 0.225. The number of nitriles is 1. The number of rotatable bonds is 9. The molecule has 3 saturated heterocycles. The zero-order chi connectivity index (χ0) is 33.8. The molecule has 3 heterocycles. The van der Waals surface area contributed by atoms with Gasteiger partial charge in [-0.25, -0.2) is 8.78 Å². The summed E-state index contributed by atoms with van der Waals surface area (Å²) in [7, 11) is -0.559. The number of halogens is 2. The third-order valence-corrected chi connectivity index (χ3v) is 12.1.